The lowest BCUT2D eigenvalue weighted by Gasteiger charge is -2.25. The maximum atomic E-state index is 14.0. The van der Waals surface area contributed by atoms with Crippen molar-refractivity contribution in [3.05, 3.63) is 68.6 Å². The molecule has 4 aromatic rings. The molecule has 0 radical (unpaired) electrons. The highest BCUT2D eigenvalue weighted by atomic mass is 35.5. The number of fused-ring (bicyclic) bond motifs is 1. The summed E-state index contributed by atoms with van der Waals surface area (Å²) in [7, 11) is 0. The summed E-state index contributed by atoms with van der Waals surface area (Å²) in [6, 6.07) is 6.62. The van der Waals surface area contributed by atoms with Gasteiger partial charge in [0.25, 0.3) is 0 Å². The summed E-state index contributed by atoms with van der Waals surface area (Å²) in [5, 5.41) is 4.58. The van der Waals surface area contributed by atoms with E-state index in [0.29, 0.717) is 34.9 Å². The number of halogens is 3. The molecule has 5 rings (SSSR count). The number of aromatic amines is 1. The summed E-state index contributed by atoms with van der Waals surface area (Å²) in [4.78, 5) is 25.9. The molecule has 3 heterocycles. The molecule has 0 bridgehead atoms. The molecule has 0 unspecified atom stereocenters. The first-order valence-corrected chi connectivity index (χ1v) is 11.2. The van der Waals surface area contributed by atoms with Crippen LogP contribution in [0.2, 0.25) is 10.0 Å². The monoisotopic (exact) mass is 475 g/mol. The van der Waals surface area contributed by atoms with E-state index in [1.54, 1.807) is 18.3 Å². The maximum absolute atomic E-state index is 14.0. The van der Waals surface area contributed by atoms with E-state index in [2.05, 4.69) is 15.1 Å². The van der Waals surface area contributed by atoms with Crippen molar-refractivity contribution >= 4 is 34.4 Å². The number of benzene rings is 1. The number of hydrogen-bond acceptors (Lipinski definition) is 4. The van der Waals surface area contributed by atoms with E-state index in [0.717, 1.165) is 23.1 Å². The number of nitrogens with one attached hydrogen (secondary N) is 1. The van der Waals surface area contributed by atoms with Crippen molar-refractivity contribution in [2.75, 3.05) is 0 Å². The Morgan fingerprint density at radius 1 is 1.28 bits per heavy atom. The van der Waals surface area contributed by atoms with Gasteiger partial charge in [0, 0.05) is 22.3 Å². The Labute approximate surface area is 192 Å². The van der Waals surface area contributed by atoms with E-state index in [1.807, 2.05) is 17.8 Å². The topological polar surface area (TPSA) is 77.7 Å². The predicted octanol–water partition coefficient (Wildman–Crippen LogP) is 5.34. The van der Waals surface area contributed by atoms with Crippen LogP contribution in [0.4, 0.5) is 4.39 Å². The van der Waals surface area contributed by atoms with E-state index < -0.39 is 17.6 Å². The van der Waals surface area contributed by atoms with E-state index in [4.69, 9.17) is 28.0 Å². The highest BCUT2D eigenvalue weighted by Crippen LogP contribution is 2.35. The molecule has 1 aromatic carbocycles. The molecule has 1 atom stereocenters. The Hall–Kier alpha value is -2.84. The first-order valence-electron chi connectivity index (χ1n) is 10.4. The van der Waals surface area contributed by atoms with Gasteiger partial charge in [0.1, 0.15) is 11.3 Å². The van der Waals surface area contributed by atoms with Crippen LogP contribution in [0.3, 0.4) is 0 Å². The van der Waals surface area contributed by atoms with Gasteiger partial charge in [-0.3, -0.25) is 9.67 Å². The Kier molecular flexibility index (Phi) is 5.43. The minimum Gasteiger partial charge on any atom is -0.401 e. The predicted molar refractivity (Wildman–Crippen MR) is 120 cm³/mol. The fourth-order valence-electron chi connectivity index (χ4n) is 3.85. The van der Waals surface area contributed by atoms with Gasteiger partial charge in [0.15, 0.2) is 11.8 Å². The second-order valence-corrected chi connectivity index (χ2v) is 8.63. The van der Waals surface area contributed by atoms with Gasteiger partial charge in [-0.05, 0) is 49.9 Å². The fourth-order valence-corrected chi connectivity index (χ4v) is 4.47. The summed E-state index contributed by atoms with van der Waals surface area (Å²) >= 11 is 12.4. The van der Waals surface area contributed by atoms with Crippen molar-refractivity contribution in [3.8, 4) is 11.3 Å². The van der Waals surface area contributed by atoms with Gasteiger partial charge < -0.3 is 4.84 Å². The Morgan fingerprint density at radius 2 is 2.09 bits per heavy atom. The number of aromatic nitrogens is 5. The normalized spacial score (nSPS) is 15.1. The standard InChI is InChI=1S/C22H20Cl2FN5O2/c1-2-18(19-14(23)6-7-15(25)20(19)24)32-30-17-9-8-16(27-21(17)28-22(30)31)12-10-26-29(11-12)13-4-3-5-13/h6-11,13,18H,2-5H2,1H3,(H,27,28,31)/t18-/m1/s1. The Morgan fingerprint density at radius 3 is 2.81 bits per heavy atom. The summed E-state index contributed by atoms with van der Waals surface area (Å²) < 4.78 is 17.1. The highest BCUT2D eigenvalue weighted by Gasteiger charge is 2.24. The summed E-state index contributed by atoms with van der Waals surface area (Å²) in [6.07, 6.45) is 6.93. The molecule has 0 spiro atoms. The van der Waals surface area contributed by atoms with Gasteiger partial charge in [-0.2, -0.15) is 5.10 Å². The highest BCUT2D eigenvalue weighted by molar-refractivity contribution is 6.36. The third-order valence-corrected chi connectivity index (χ3v) is 6.57. The van der Waals surface area contributed by atoms with Crippen molar-refractivity contribution in [3.63, 3.8) is 0 Å². The molecule has 0 aliphatic heterocycles. The summed E-state index contributed by atoms with van der Waals surface area (Å²) in [6.45, 7) is 1.83. The van der Waals surface area contributed by atoms with Crippen LogP contribution in [0, 0.1) is 5.82 Å². The molecular weight excluding hydrogens is 456 g/mol. The SMILES string of the molecule is CC[C@@H](On1c(=O)[nH]c2nc(-c3cnn(C4CCC4)c3)ccc21)c1c(Cl)ccc(F)c1Cl. The molecule has 32 heavy (non-hydrogen) atoms. The molecule has 1 aliphatic carbocycles. The van der Waals surface area contributed by atoms with Crippen LogP contribution in [0.1, 0.15) is 50.3 Å². The third-order valence-electron chi connectivity index (χ3n) is 5.85. The van der Waals surface area contributed by atoms with Gasteiger partial charge in [-0.15, -0.1) is 4.73 Å². The number of H-pyrrole nitrogens is 1. The average Bonchev–Trinajstić information content (AvgIpc) is 3.33. The second kappa shape index (κ2) is 8.26. The van der Waals surface area contributed by atoms with Gasteiger partial charge in [-0.25, -0.2) is 14.2 Å². The van der Waals surface area contributed by atoms with Gasteiger partial charge in [-0.1, -0.05) is 30.1 Å². The molecule has 1 N–H and O–H groups in total. The van der Waals surface area contributed by atoms with Crippen molar-refractivity contribution < 1.29 is 9.23 Å². The van der Waals surface area contributed by atoms with Crippen molar-refractivity contribution in [1.82, 2.24) is 24.5 Å². The minimum absolute atomic E-state index is 0.124. The lowest BCUT2D eigenvalue weighted by atomic mass is 9.93. The minimum atomic E-state index is -0.734. The fraction of sp³-hybridized carbons (Fsp3) is 0.318. The van der Waals surface area contributed by atoms with Gasteiger partial charge in [0.2, 0.25) is 0 Å². The lowest BCUT2D eigenvalue weighted by molar-refractivity contribution is 0.0350. The van der Waals surface area contributed by atoms with Crippen LogP contribution < -0.4 is 10.5 Å². The summed E-state index contributed by atoms with van der Waals surface area (Å²) in [5.41, 5.74) is 2.18. The molecule has 1 saturated carbocycles. The van der Waals surface area contributed by atoms with E-state index in [-0.39, 0.29) is 10.0 Å². The summed E-state index contributed by atoms with van der Waals surface area (Å²) in [5.74, 6) is -0.604. The number of nitrogens with zero attached hydrogens (tertiary/aromatic N) is 4. The number of pyridine rings is 1. The first-order chi connectivity index (χ1) is 15.5. The van der Waals surface area contributed by atoms with Crippen LogP contribution in [0.15, 0.2) is 41.5 Å². The molecule has 0 saturated heterocycles. The first kappa shape index (κ1) is 21.0. The van der Waals surface area contributed by atoms with E-state index >= 15 is 0 Å². The lowest BCUT2D eigenvalue weighted by Crippen LogP contribution is -2.27. The zero-order chi connectivity index (χ0) is 22.4. The quantitative estimate of drug-likeness (QED) is 0.381. The zero-order valence-corrected chi connectivity index (χ0v) is 18.7. The molecule has 1 fully saturated rings. The van der Waals surface area contributed by atoms with E-state index in [1.165, 1.54) is 18.6 Å². The van der Waals surface area contributed by atoms with Gasteiger partial charge >= 0.3 is 5.69 Å². The van der Waals surface area contributed by atoms with Gasteiger partial charge in [0.05, 0.1) is 23.0 Å². The molecule has 0 amide bonds. The molecular formula is C22H20Cl2FN5O2. The maximum Gasteiger partial charge on any atom is 0.360 e. The third kappa shape index (κ3) is 3.57. The Balaban J connectivity index is 1.48. The molecule has 166 valence electrons. The van der Waals surface area contributed by atoms with Crippen molar-refractivity contribution in [2.45, 2.75) is 44.8 Å². The Bertz CT molecular complexity index is 1360. The second-order valence-electron chi connectivity index (χ2n) is 7.84. The van der Waals surface area contributed by atoms with Crippen LogP contribution in [0.5, 0.6) is 0 Å². The zero-order valence-electron chi connectivity index (χ0n) is 17.2. The average molecular weight is 476 g/mol. The van der Waals surface area contributed by atoms with Crippen molar-refractivity contribution in [2.24, 2.45) is 0 Å². The molecule has 10 heteroatoms. The van der Waals surface area contributed by atoms with Crippen LogP contribution in [0.25, 0.3) is 22.4 Å². The number of rotatable bonds is 6. The number of imidazole rings is 1. The smallest absolute Gasteiger partial charge is 0.360 e. The molecule has 3 aromatic heterocycles. The van der Waals surface area contributed by atoms with E-state index in [9.17, 15) is 9.18 Å². The van der Waals surface area contributed by atoms with Crippen LogP contribution in [-0.2, 0) is 0 Å². The van der Waals surface area contributed by atoms with Crippen LogP contribution in [-0.4, -0.2) is 24.5 Å². The van der Waals surface area contributed by atoms with Crippen molar-refractivity contribution in [1.29, 1.82) is 0 Å². The largest absolute Gasteiger partial charge is 0.401 e. The molecule has 1 aliphatic rings. The molecule has 7 nitrogen and oxygen atoms in total. The number of hydrogen-bond donors (Lipinski definition) is 1. The van der Waals surface area contributed by atoms with Crippen LogP contribution >= 0.6 is 23.2 Å².